The fraction of sp³-hybridized carbons (Fsp3) is 0.583. The van der Waals surface area contributed by atoms with Gasteiger partial charge in [-0.1, -0.05) is 35.5 Å². The molecule has 3 fully saturated rings. The van der Waals surface area contributed by atoms with Gasteiger partial charge in [-0.25, -0.2) is 0 Å². The predicted molar refractivity (Wildman–Crippen MR) is 128 cm³/mol. The molecule has 2 N–H and O–H groups in total. The van der Waals surface area contributed by atoms with Gasteiger partial charge in [0.25, 0.3) is 16.1 Å². The Morgan fingerprint density at radius 1 is 1.21 bits per heavy atom. The summed E-state index contributed by atoms with van der Waals surface area (Å²) in [6, 6.07) is 11.7. The number of amides is 1. The van der Waals surface area contributed by atoms with E-state index in [4.69, 9.17) is 4.52 Å². The maximum absolute atomic E-state index is 13.5. The average molecular weight is 488 g/mol. The molecule has 0 bridgehead atoms. The van der Waals surface area contributed by atoms with Crippen molar-refractivity contribution in [3.63, 3.8) is 0 Å². The van der Waals surface area contributed by atoms with E-state index in [1.807, 2.05) is 25.1 Å². The molecule has 2 aliphatic heterocycles. The van der Waals surface area contributed by atoms with E-state index in [1.54, 1.807) is 14.7 Å². The largest absolute Gasteiger partial charge is 0.360 e. The number of hydrogen-bond donors (Lipinski definition) is 2. The molecule has 0 spiro atoms. The maximum atomic E-state index is 13.5. The summed E-state index contributed by atoms with van der Waals surface area (Å²) >= 11 is 0. The number of aromatic nitrogens is 1. The first-order chi connectivity index (χ1) is 16.4. The van der Waals surface area contributed by atoms with Crippen LogP contribution in [-0.2, 0) is 16.6 Å². The van der Waals surface area contributed by atoms with Crippen LogP contribution in [0.2, 0.25) is 0 Å². The second kappa shape index (κ2) is 9.77. The van der Waals surface area contributed by atoms with Gasteiger partial charge in [0, 0.05) is 56.3 Å². The SMILES string of the molecule is C[C@H]1C[C@@H](NC(=O)c2cc(C3CC3)on2)CCN1S(=O)(=O)N1CCNC(Cc2ccccc2)C1. The Hall–Kier alpha value is -2.27. The molecular formula is C24H33N5O4S. The van der Waals surface area contributed by atoms with Gasteiger partial charge >= 0.3 is 0 Å². The molecule has 3 atom stereocenters. The number of carbonyl (C=O) groups excluding carboxylic acids is 1. The molecule has 10 heteroatoms. The van der Waals surface area contributed by atoms with Crippen molar-refractivity contribution in [1.29, 1.82) is 0 Å². The smallest absolute Gasteiger partial charge is 0.282 e. The standard InChI is InChI=1S/C24H33N5O4S/c1-17-13-20(26-24(30)22-15-23(33-27-22)19-7-8-19)9-11-29(17)34(31,32)28-12-10-25-21(16-28)14-18-5-3-2-4-6-18/h2-6,15,17,19-21,25H,7-14,16H2,1H3,(H,26,30)/t17-,20-,21?/m0/s1. The van der Waals surface area contributed by atoms with Crippen LogP contribution >= 0.6 is 0 Å². The van der Waals surface area contributed by atoms with Crippen LogP contribution in [0.4, 0.5) is 0 Å². The molecule has 1 saturated carbocycles. The number of nitrogens with zero attached hydrogens (tertiary/aromatic N) is 3. The van der Waals surface area contributed by atoms with Crippen molar-refractivity contribution >= 4 is 16.1 Å². The topological polar surface area (TPSA) is 108 Å². The van der Waals surface area contributed by atoms with Crippen molar-refractivity contribution in [3.8, 4) is 0 Å². The highest BCUT2D eigenvalue weighted by atomic mass is 32.2. The van der Waals surface area contributed by atoms with E-state index in [2.05, 4.69) is 27.9 Å². The minimum Gasteiger partial charge on any atom is -0.360 e. The molecule has 184 valence electrons. The third kappa shape index (κ3) is 5.19. The van der Waals surface area contributed by atoms with Crippen LogP contribution in [0.25, 0.3) is 0 Å². The van der Waals surface area contributed by atoms with Crippen LogP contribution in [0.1, 0.15) is 60.3 Å². The zero-order chi connectivity index (χ0) is 23.7. The monoisotopic (exact) mass is 487 g/mol. The first-order valence-corrected chi connectivity index (χ1v) is 13.6. The first kappa shape index (κ1) is 23.5. The molecule has 2 aromatic rings. The van der Waals surface area contributed by atoms with Crippen LogP contribution in [0, 0.1) is 0 Å². The molecule has 34 heavy (non-hydrogen) atoms. The lowest BCUT2D eigenvalue weighted by molar-refractivity contribution is 0.0903. The highest BCUT2D eigenvalue weighted by molar-refractivity contribution is 7.86. The van der Waals surface area contributed by atoms with Gasteiger partial charge in [0.1, 0.15) is 5.76 Å². The van der Waals surface area contributed by atoms with Gasteiger partial charge in [0.15, 0.2) is 5.69 Å². The van der Waals surface area contributed by atoms with Crippen LogP contribution in [0.5, 0.6) is 0 Å². The third-order valence-electron chi connectivity index (χ3n) is 7.06. The molecule has 1 aliphatic carbocycles. The summed E-state index contributed by atoms with van der Waals surface area (Å²) < 4.78 is 35.5. The van der Waals surface area contributed by atoms with Crippen molar-refractivity contribution in [2.45, 2.75) is 63.1 Å². The summed E-state index contributed by atoms with van der Waals surface area (Å²) in [6.45, 7) is 3.86. The fourth-order valence-corrected chi connectivity index (χ4v) is 6.89. The van der Waals surface area contributed by atoms with Crippen molar-refractivity contribution in [2.75, 3.05) is 26.2 Å². The molecule has 1 unspecified atom stereocenters. The van der Waals surface area contributed by atoms with E-state index < -0.39 is 10.2 Å². The van der Waals surface area contributed by atoms with Crippen LogP contribution in [-0.4, -0.2) is 72.4 Å². The quantitative estimate of drug-likeness (QED) is 0.618. The Bertz CT molecular complexity index is 1100. The Kier molecular flexibility index (Phi) is 6.74. The molecule has 1 amide bonds. The highest BCUT2D eigenvalue weighted by Crippen LogP contribution is 2.40. The Morgan fingerprint density at radius 2 is 2.00 bits per heavy atom. The molecule has 1 aromatic heterocycles. The van der Waals surface area contributed by atoms with E-state index in [1.165, 1.54) is 5.56 Å². The Labute approximate surface area is 201 Å². The number of hydrogen-bond acceptors (Lipinski definition) is 6. The lowest BCUT2D eigenvalue weighted by Crippen LogP contribution is -2.59. The molecule has 2 saturated heterocycles. The molecule has 3 aliphatic rings. The molecular weight excluding hydrogens is 454 g/mol. The molecule has 1 aromatic carbocycles. The van der Waals surface area contributed by atoms with Crippen LogP contribution in [0.15, 0.2) is 40.9 Å². The summed E-state index contributed by atoms with van der Waals surface area (Å²) in [4.78, 5) is 12.6. The van der Waals surface area contributed by atoms with E-state index in [0.29, 0.717) is 50.6 Å². The van der Waals surface area contributed by atoms with Gasteiger partial charge in [-0.05, 0) is 44.6 Å². The predicted octanol–water partition coefficient (Wildman–Crippen LogP) is 1.90. The Morgan fingerprint density at radius 3 is 2.74 bits per heavy atom. The van der Waals surface area contributed by atoms with E-state index in [-0.39, 0.29) is 24.0 Å². The summed E-state index contributed by atoms with van der Waals surface area (Å²) in [5, 5.41) is 10.4. The second-order valence-corrected chi connectivity index (χ2v) is 11.6. The Balaban J connectivity index is 1.16. The number of rotatable bonds is 7. The third-order valence-corrected chi connectivity index (χ3v) is 9.18. The maximum Gasteiger partial charge on any atom is 0.282 e. The minimum absolute atomic E-state index is 0.0843. The number of piperidine rings is 1. The summed E-state index contributed by atoms with van der Waals surface area (Å²) in [5.74, 6) is 0.927. The number of nitrogens with one attached hydrogen (secondary N) is 2. The van der Waals surface area contributed by atoms with Crippen LogP contribution in [0.3, 0.4) is 0 Å². The van der Waals surface area contributed by atoms with E-state index >= 15 is 0 Å². The molecule has 5 rings (SSSR count). The van der Waals surface area contributed by atoms with Crippen molar-refractivity contribution in [1.82, 2.24) is 24.4 Å². The lowest BCUT2D eigenvalue weighted by atomic mass is 10.0. The number of carbonyl (C=O) groups is 1. The summed E-state index contributed by atoms with van der Waals surface area (Å²) in [7, 11) is -3.58. The highest BCUT2D eigenvalue weighted by Gasteiger charge is 2.39. The van der Waals surface area contributed by atoms with Gasteiger partial charge in [-0.15, -0.1) is 0 Å². The van der Waals surface area contributed by atoms with E-state index in [9.17, 15) is 13.2 Å². The molecule has 0 radical (unpaired) electrons. The zero-order valence-corrected chi connectivity index (χ0v) is 20.3. The van der Waals surface area contributed by atoms with Crippen molar-refractivity contribution in [2.24, 2.45) is 0 Å². The lowest BCUT2D eigenvalue weighted by Gasteiger charge is -2.41. The molecule has 9 nitrogen and oxygen atoms in total. The molecule has 3 heterocycles. The van der Waals surface area contributed by atoms with Gasteiger partial charge in [0.2, 0.25) is 0 Å². The van der Waals surface area contributed by atoms with Gasteiger partial charge < -0.3 is 15.2 Å². The second-order valence-electron chi connectivity index (χ2n) is 9.75. The zero-order valence-electron chi connectivity index (χ0n) is 19.5. The normalized spacial score (nSPS) is 26.9. The van der Waals surface area contributed by atoms with Crippen molar-refractivity contribution < 1.29 is 17.7 Å². The number of piperazine rings is 1. The average Bonchev–Trinajstić information content (AvgIpc) is 3.56. The first-order valence-electron chi connectivity index (χ1n) is 12.2. The van der Waals surface area contributed by atoms with Crippen molar-refractivity contribution in [3.05, 3.63) is 53.4 Å². The summed E-state index contributed by atoms with van der Waals surface area (Å²) in [6.07, 6.45) is 4.10. The number of benzene rings is 1. The summed E-state index contributed by atoms with van der Waals surface area (Å²) in [5.41, 5.74) is 1.50. The van der Waals surface area contributed by atoms with E-state index in [0.717, 1.165) is 25.0 Å². The van der Waals surface area contributed by atoms with Gasteiger partial charge in [0.05, 0.1) is 0 Å². The fourth-order valence-electron chi connectivity index (χ4n) is 5.03. The minimum atomic E-state index is -3.58. The van der Waals surface area contributed by atoms with Crippen LogP contribution < -0.4 is 10.6 Å². The van der Waals surface area contributed by atoms with Gasteiger partial charge in [-0.3, -0.25) is 4.79 Å². The van der Waals surface area contributed by atoms with Gasteiger partial charge in [-0.2, -0.15) is 17.0 Å².